The van der Waals surface area contributed by atoms with E-state index in [1.807, 2.05) is 6.08 Å². The third-order valence-corrected chi connectivity index (χ3v) is 3.36. The van der Waals surface area contributed by atoms with Gasteiger partial charge in [0.1, 0.15) is 0 Å². The molecule has 0 aromatic heterocycles. The van der Waals surface area contributed by atoms with Crippen molar-refractivity contribution in [3.63, 3.8) is 0 Å². The summed E-state index contributed by atoms with van der Waals surface area (Å²) in [4.78, 5) is 7.13. The number of hydrogen-bond acceptors (Lipinski definition) is 2. The Balaban J connectivity index is 0.00000324. The topological polar surface area (TPSA) is 39.7 Å². The second kappa shape index (κ2) is 11.5. The molecule has 1 saturated heterocycles. The molecule has 0 aromatic rings. The number of aliphatic imine (C=N–C) groups is 1. The smallest absolute Gasteiger partial charge is 0.191 e. The summed E-state index contributed by atoms with van der Waals surface area (Å²) in [7, 11) is 0. The van der Waals surface area contributed by atoms with Crippen molar-refractivity contribution < 1.29 is 0 Å². The van der Waals surface area contributed by atoms with E-state index >= 15 is 0 Å². The fourth-order valence-electron chi connectivity index (χ4n) is 2.29. The molecule has 0 aliphatic carbocycles. The minimum absolute atomic E-state index is 0. The van der Waals surface area contributed by atoms with Gasteiger partial charge in [-0.05, 0) is 33.2 Å². The Bertz CT molecular complexity index is 268. The van der Waals surface area contributed by atoms with Gasteiger partial charge >= 0.3 is 0 Å². The Morgan fingerprint density at radius 2 is 2.21 bits per heavy atom. The van der Waals surface area contributed by atoms with Crippen molar-refractivity contribution in [1.82, 2.24) is 15.5 Å². The lowest BCUT2D eigenvalue weighted by atomic mass is 10.0. The van der Waals surface area contributed by atoms with Crippen LogP contribution in [0.2, 0.25) is 0 Å². The van der Waals surface area contributed by atoms with Crippen LogP contribution in [0.5, 0.6) is 0 Å². The van der Waals surface area contributed by atoms with Crippen LogP contribution in [0.4, 0.5) is 0 Å². The summed E-state index contributed by atoms with van der Waals surface area (Å²) in [5, 5.41) is 6.46. The Hall–Kier alpha value is -0.300. The van der Waals surface area contributed by atoms with Crippen LogP contribution in [0.1, 0.15) is 33.1 Å². The van der Waals surface area contributed by atoms with Gasteiger partial charge in [0.15, 0.2) is 5.96 Å². The van der Waals surface area contributed by atoms with Crippen LogP contribution >= 0.6 is 24.0 Å². The summed E-state index contributed by atoms with van der Waals surface area (Å²) in [5.74, 6) is 0.891. The molecule has 1 aliphatic heterocycles. The van der Waals surface area contributed by atoms with Crippen molar-refractivity contribution in [3.8, 4) is 0 Å². The van der Waals surface area contributed by atoms with Gasteiger partial charge in [-0.25, -0.2) is 0 Å². The SMILES string of the molecule is C=CCNC(=NCCN1CCCCC1C)NCC.I. The fourth-order valence-corrected chi connectivity index (χ4v) is 2.29. The summed E-state index contributed by atoms with van der Waals surface area (Å²) in [6.45, 7) is 12.9. The van der Waals surface area contributed by atoms with E-state index in [-0.39, 0.29) is 24.0 Å². The van der Waals surface area contributed by atoms with Crippen LogP contribution in [0.25, 0.3) is 0 Å². The summed E-state index contributed by atoms with van der Waals surface area (Å²) < 4.78 is 0. The van der Waals surface area contributed by atoms with E-state index in [9.17, 15) is 0 Å². The summed E-state index contributed by atoms with van der Waals surface area (Å²) in [5.41, 5.74) is 0. The molecule has 0 spiro atoms. The first-order valence-electron chi connectivity index (χ1n) is 7.15. The normalized spacial score (nSPS) is 20.5. The zero-order chi connectivity index (χ0) is 13.2. The highest BCUT2D eigenvalue weighted by Gasteiger charge is 2.16. The molecular formula is C14H29IN4. The number of nitrogens with one attached hydrogen (secondary N) is 2. The molecule has 0 saturated carbocycles. The van der Waals surface area contributed by atoms with Gasteiger partial charge in [0, 0.05) is 25.7 Å². The first-order chi connectivity index (χ1) is 8.77. The average Bonchev–Trinajstić information content (AvgIpc) is 2.38. The van der Waals surface area contributed by atoms with Gasteiger partial charge in [-0.3, -0.25) is 9.89 Å². The maximum absolute atomic E-state index is 4.58. The van der Waals surface area contributed by atoms with Crippen LogP contribution in [-0.2, 0) is 0 Å². The molecule has 19 heavy (non-hydrogen) atoms. The number of piperidine rings is 1. The molecule has 4 nitrogen and oxygen atoms in total. The quantitative estimate of drug-likeness (QED) is 0.321. The maximum atomic E-state index is 4.58. The number of hydrogen-bond donors (Lipinski definition) is 2. The number of guanidine groups is 1. The third-order valence-electron chi connectivity index (χ3n) is 3.36. The van der Waals surface area contributed by atoms with Gasteiger partial charge in [-0.1, -0.05) is 12.5 Å². The Kier molecular flexibility index (Phi) is 11.3. The molecule has 1 atom stereocenters. The van der Waals surface area contributed by atoms with Gasteiger partial charge in [0.2, 0.25) is 0 Å². The van der Waals surface area contributed by atoms with E-state index in [1.54, 1.807) is 0 Å². The molecule has 1 aliphatic rings. The van der Waals surface area contributed by atoms with Gasteiger partial charge in [-0.2, -0.15) is 0 Å². The lowest BCUT2D eigenvalue weighted by Crippen LogP contribution is -2.40. The minimum Gasteiger partial charge on any atom is -0.357 e. The van der Waals surface area contributed by atoms with E-state index in [0.717, 1.165) is 38.2 Å². The van der Waals surface area contributed by atoms with Crippen molar-refractivity contribution in [1.29, 1.82) is 0 Å². The lowest BCUT2D eigenvalue weighted by molar-refractivity contribution is 0.166. The van der Waals surface area contributed by atoms with Crippen molar-refractivity contribution in [2.45, 2.75) is 39.2 Å². The lowest BCUT2D eigenvalue weighted by Gasteiger charge is -2.32. The third kappa shape index (κ3) is 7.77. The van der Waals surface area contributed by atoms with E-state index in [2.05, 4.69) is 41.0 Å². The average molecular weight is 380 g/mol. The largest absolute Gasteiger partial charge is 0.357 e. The van der Waals surface area contributed by atoms with Crippen LogP contribution < -0.4 is 10.6 Å². The van der Waals surface area contributed by atoms with Crippen LogP contribution in [0, 0.1) is 0 Å². The van der Waals surface area contributed by atoms with Gasteiger partial charge in [0.05, 0.1) is 6.54 Å². The standard InChI is InChI=1S/C14H28N4.HI/c1-4-9-16-14(15-5-2)17-10-12-18-11-7-6-8-13(18)3;/h4,13H,1,5-12H2,2-3H3,(H2,15,16,17);1H. The monoisotopic (exact) mass is 380 g/mol. The van der Waals surface area contributed by atoms with Crippen molar-refractivity contribution in [3.05, 3.63) is 12.7 Å². The van der Waals surface area contributed by atoms with Crippen LogP contribution in [0.3, 0.4) is 0 Å². The van der Waals surface area contributed by atoms with Crippen LogP contribution in [-0.4, -0.2) is 49.6 Å². The zero-order valence-electron chi connectivity index (χ0n) is 12.3. The number of likely N-dealkylation sites (tertiary alicyclic amines) is 1. The highest BCUT2D eigenvalue weighted by Crippen LogP contribution is 2.15. The molecule has 2 N–H and O–H groups in total. The minimum atomic E-state index is 0. The molecule has 0 amide bonds. The molecular weight excluding hydrogens is 351 g/mol. The van der Waals surface area contributed by atoms with Gasteiger partial charge in [0.25, 0.3) is 0 Å². The Labute approximate surface area is 135 Å². The molecule has 1 heterocycles. The molecule has 0 radical (unpaired) electrons. The fraction of sp³-hybridized carbons (Fsp3) is 0.786. The van der Waals surface area contributed by atoms with Crippen molar-refractivity contribution in [2.75, 3.05) is 32.7 Å². The second-order valence-corrected chi connectivity index (χ2v) is 4.81. The molecule has 1 unspecified atom stereocenters. The van der Waals surface area contributed by atoms with E-state index in [0.29, 0.717) is 0 Å². The second-order valence-electron chi connectivity index (χ2n) is 4.81. The van der Waals surface area contributed by atoms with Crippen LogP contribution in [0.15, 0.2) is 17.6 Å². The number of halogens is 1. The first-order valence-corrected chi connectivity index (χ1v) is 7.15. The number of nitrogens with zero attached hydrogens (tertiary/aromatic N) is 2. The van der Waals surface area contributed by atoms with E-state index < -0.39 is 0 Å². The molecule has 0 aromatic carbocycles. The summed E-state index contributed by atoms with van der Waals surface area (Å²) in [6.07, 6.45) is 5.89. The highest BCUT2D eigenvalue weighted by atomic mass is 127. The van der Waals surface area contributed by atoms with Crippen molar-refractivity contribution in [2.24, 2.45) is 4.99 Å². The molecule has 0 bridgehead atoms. The number of rotatable bonds is 6. The molecule has 5 heteroatoms. The first kappa shape index (κ1) is 18.7. The Morgan fingerprint density at radius 1 is 1.42 bits per heavy atom. The highest BCUT2D eigenvalue weighted by molar-refractivity contribution is 14.0. The van der Waals surface area contributed by atoms with Gasteiger partial charge < -0.3 is 10.6 Å². The summed E-state index contributed by atoms with van der Waals surface area (Å²) in [6, 6.07) is 0.720. The predicted octanol–water partition coefficient (Wildman–Crippen LogP) is 2.22. The van der Waals surface area contributed by atoms with Gasteiger partial charge in [-0.15, -0.1) is 30.6 Å². The molecule has 112 valence electrons. The summed E-state index contributed by atoms with van der Waals surface area (Å²) >= 11 is 0. The zero-order valence-corrected chi connectivity index (χ0v) is 14.7. The Morgan fingerprint density at radius 3 is 2.84 bits per heavy atom. The van der Waals surface area contributed by atoms with Crippen molar-refractivity contribution >= 4 is 29.9 Å². The van der Waals surface area contributed by atoms with E-state index in [1.165, 1.54) is 25.8 Å². The predicted molar refractivity (Wildman–Crippen MR) is 94.5 cm³/mol. The van der Waals surface area contributed by atoms with E-state index in [4.69, 9.17) is 0 Å². The maximum Gasteiger partial charge on any atom is 0.191 e. The molecule has 1 fully saturated rings. The molecule has 1 rings (SSSR count).